The summed E-state index contributed by atoms with van der Waals surface area (Å²) in [5, 5.41) is 0. The Morgan fingerprint density at radius 1 is 0.783 bits per heavy atom. The van der Waals surface area contributed by atoms with Crippen LogP contribution in [0.3, 0.4) is 0 Å². The van der Waals surface area contributed by atoms with Gasteiger partial charge in [0.25, 0.3) is 0 Å². The van der Waals surface area contributed by atoms with Gasteiger partial charge in [0.1, 0.15) is 5.75 Å². The average molecular weight is 342 g/mol. The van der Waals surface area contributed by atoms with Crippen LogP contribution in [0, 0.1) is 0 Å². The molecule has 4 nitrogen and oxygen atoms in total. The molecule has 0 spiro atoms. The highest BCUT2D eigenvalue weighted by Gasteiger charge is 2.33. The second-order valence-corrected chi connectivity index (χ2v) is 10.4. The van der Waals surface area contributed by atoms with E-state index >= 15 is 0 Å². The molecule has 5 heteroatoms. The van der Waals surface area contributed by atoms with Crippen LogP contribution in [0.4, 0.5) is 0 Å². The molecule has 0 saturated carbocycles. The molecule has 23 heavy (non-hydrogen) atoms. The van der Waals surface area contributed by atoms with Crippen LogP contribution in [0.25, 0.3) is 0 Å². The molecule has 0 radical (unpaired) electrons. The van der Waals surface area contributed by atoms with Crippen LogP contribution < -0.4 is 4.52 Å². The van der Waals surface area contributed by atoms with Gasteiger partial charge in [-0.3, -0.25) is 9.79 Å². The molecular formula is C18H31O4P. The van der Waals surface area contributed by atoms with Crippen LogP contribution in [0.1, 0.15) is 79.0 Å². The number of hydrogen-bond donors (Lipinski definition) is 2. The first-order chi connectivity index (χ1) is 9.93. The van der Waals surface area contributed by atoms with Gasteiger partial charge in [0.15, 0.2) is 0 Å². The third-order valence-electron chi connectivity index (χ3n) is 3.78. The van der Waals surface area contributed by atoms with E-state index in [-0.39, 0.29) is 16.2 Å². The fraction of sp³-hybridized carbons (Fsp3) is 0.667. The molecule has 0 unspecified atom stereocenters. The zero-order valence-electron chi connectivity index (χ0n) is 15.8. The fourth-order valence-corrected chi connectivity index (χ4v) is 2.83. The predicted molar refractivity (Wildman–Crippen MR) is 95.2 cm³/mol. The molecule has 1 aromatic carbocycles. The highest BCUT2D eigenvalue weighted by molar-refractivity contribution is 7.46. The second-order valence-electron chi connectivity index (χ2n) is 9.23. The van der Waals surface area contributed by atoms with E-state index < -0.39 is 7.82 Å². The maximum absolute atomic E-state index is 11.5. The Kier molecular flexibility index (Phi) is 5.20. The van der Waals surface area contributed by atoms with Crippen LogP contribution in [-0.4, -0.2) is 9.79 Å². The quantitative estimate of drug-likeness (QED) is 0.738. The molecule has 0 bridgehead atoms. The summed E-state index contributed by atoms with van der Waals surface area (Å²) in [4.78, 5) is 18.7. The molecular weight excluding hydrogens is 311 g/mol. The highest BCUT2D eigenvalue weighted by atomic mass is 31.2. The van der Waals surface area contributed by atoms with Crippen molar-refractivity contribution < 1.29 is 18.9 Å². The molecule has 0 heterocycles. The lowest BCUT2D eigenvalue weighted by molar-refractivity contribution is 0.278. The maximum atomic E-state index is 11.5. The molecule has 0 amide bonds. The molecule has 2 N–H and O–H groups in total. The predicted octanol–water partition coefficient (Wildman–Crippen LogP) is 5.05. The summed E-state index contributed by atoms with van der Waals surface area (Å²) in [6, 6.07) is 4.03. The summed E-state index contributed by atoms with van der Waals surface area (Å²) >= 11 is 0. The standard InChI is InChI=1S/C18H31O4P/c1-16(2,3)12-10-13(17(4,5)6)15(22-23(19,20)21)14(11-12)18(7,8)9/h10-11H,1-9H3,(H2,19,20,21). The van der Waals surface area contributed by atoms with Crippen molar-refractivity contribution in [3.63, 3.8) is 0 Å². The van der Waals surface area contributed by atoms with Crippen LogP contribution in [0.5, 0.6) is 5.75 Å². The van der Waals surface area contributed by atoms with Gasteiger partial charge in [-0.15, -0.1) is 0 Å². The van der Waals surface area contributed by atoms with Gasteiger partial charge in [-0.1, -0.05) is 74.4 Å². The SMILES string of the molecule is CC(C)(C)c1cc(C(C)(C)C)c(OP(=O)(O)O)c(C(C)(C)C)c1. The van der Waals surface area contributed by atoms with Crippen molar-refractivity contribution in [2.45, 2.75) is 78.6 Å². The van der Waals surface area contributed by atoms with Crippen molar-refractivity contribution >= 4 is 7.82 Å². The molecule has 1 aromatic rings. The molecule has 0 aromatic heterocycles. The summed E-state index contributed by atoms with van der Waals surface area (Å²) in [5.74, 6) is 0.311. The summed E-state index contributed by atoms with van der Waals surface area (Å²) in [5.41, 5.74) is 2.10. The van der Waals surface area contributed by atoms with E-state index in [1.54, 1.807) is 0 Å². The maximum Gasteiger partial charge on any atom is 0.524 e. The van der Waals surface area contributed by atoms with E-state index in [4.69, 9.17) is 4.52 Å². The molecule has 132 valence electrons. The van der Waals surface area contributed by atoms with Crippen molar-refractivity contribution in [1.29, 1.82) is 0 Å². The number of hydrogen-bond acceptors (Lipinski definition) is 2. The van der Waals surface area contributed by atoms with Gasteiger partial charge in [0, 0.05) is 11.1 Å². The Morgan fingerprint density at radius 3 is 1.35 bits per heavy atom. The third kappa shape index (κ3) is 5.34. The minimum absolute atomic E-state index is 0.0688. The Bertz CT molecular complexity index is 587. The first-order valence-electron chi connectivity index (χ1n) is 7.87. The third-order valence-corrected chi connectivity index (χ3v) is 4.20. The van der Waals surface area contributed by atoms with Crippen molar-refractivity contribution in [3.8, 4) is 5.75 Å². The Morgan fingerprint density at radius 2 is 1.13 bits per heavy atom. The first kappa shape index (κ1) is 20.2. The molecule has 0 aliphatic carbocycles. The van der Waals surface area contributed by atoms with E-state index in [2.05, 4.69) is 20.8 Å². The van der Waals surface area contributed by atoms with Crippen LogP contribution in [0.2, 0.25) is 0 Å². The normalized spacial score (nSPS) is 14.0. The molecule has 0 aliphatic rings. The van der Waals surface area contributed by atoms with E-state index in [0.29, 0.717) is 5.75 Å². The number of phosphoric acid groups is 1. The zero-order chi connectivity index (χ0) is 18.4. The van der Waals surface area contributed by atoms with Crippen molar-refractivity contribution in [2.24, 2.45) is 0 Å². The number of phosphoric ester groups is 1. The summed E-state index contributed by atoms with van der Waals surface area (Å²) in [7, 11) is -4.64. The fourth-order valence-electron chi connectivity index (χ4n) is 2.39. The van der Waals surface area contributed by atoms with Crippen LogP contribution in [-0.2, 0) is 20.8 Å². The van der Waals surface area contributed by atoms with Gasteiger partial charge in [-0.25, -0.2) is 4.57 Å². The average Bonchev–Trinajstić information content (AvgIpc) is 2.21. The Balaban J connectivity index is 3.86. The van der Waals surface area contributed by atoms with Gasteiger partial charge in [0.2, 0.25) is 0 Å². The van der Waals surface area contributed by atoms with E-state index in [1.165, 1.54) is 0 Å². The first-order valence-corrected chi connectivity index (χ1v) is 9.40. The topological polar surface area (TPSA) is 66.8 Å². The zero-order valence-corrected chi connectivity index (χ0v) is 16.7. The van der Waals surface area contributed by atoms with Gasteiger partial charge < -0.3 is 4.52 Å². The van der Waals surface area contributed by atoms with E-state index in [9.17, 15) is 14.4 Å². The van der Waals surface area contributed by atoms with Gasteiger partial charge >= 0.3 is 7.82 Å². The summed E-state index contributed by atoms with van der Waals surface area (Å²) in [6.07, 6.45) is 0. The minimum atomic E-state index is -4.64. The lowest BCUT2D eigenvalue weighted by atomic mass is 9.75. The Hall–Kier alpha value is -0.830. The lowest BCUT2D eigenvalue weighted by Gasteiger charge is -2.32. The summed E-state index contributed by atoms with van der Waals surface area (Å²) < 4.78 is 16.7. The lowest BCUT2D eigenvalue weighted by Crippen LogP contribution is -2.22. The minimum Gasteiger partial charge on any atom is -0.404 e. The molecule has 0 aliphatic heterocycles. The molecule has 0 atom stereocenters. The van der Waals surface area contributed by atoms with Crippen molar-refractivity contribution in [3.05, 3.63) is 28.8 Å². The van der Waals surface area contributed by atoms with E-state index in [1.807, 2.05) is 53.7 Å². The van der Waals surface area contributed by atoms with Gasteiger partial charge in [-0.05, 0) is 21.8 Å². The van der Waals surface area contributed by atoms with Gasteiger partial charge in [-0.2, -0.15) is 0 Å². The molecule has 0 fully saturated rings. The van der Waals surface area contributed by atoms with Crippen molar-refractivity contribution in [1.82, 2.24) is 0 Å². The second kappa shape index (κ2) is 5.91. The molecule has 1 rings (SSSR count). The number of rotatable bonds is 2. The van der Waals surface area contributed by atoms with Crippen LogP contribution in [0.15, 0.2) is 12.1 Å². The van der Waals surface area contributed by atoms with E-state index in [0.717, 1.165) is 16.7 Å². The molecule has 0 saturated heterocycles. The smallest absolute Gasteiger partial charge is 0.404 e. The largest absolute Gasteiger partial charge is 0.524 e. The Labute approximate surface area is 140 Å². The number of benzene rings is 1. The van der Waals surface area contributed by atoms with Gasteiger partial charge in [0.05, 0.1) is 0 Å². The van der Waals surface area contributed by atoms with Crippen LogP contribution >= 0.6 is 7.82 Å². The monoisotopic (exact) mass is 342 g/mol. The van der Waals surface area contributed by atoms with Crippen molar-refractivity contribution in [2.75, 3.05) is 0 Å². The summed E-state index contributed by atoms with van der Waals surface area (Å²) in [6.45, 7) is 18.5. The highest BCUT2D eigenvalue weighted by Crippen LogP contribution is 2.48.